The number of rotatable bonds is 4. The van der Waals surface area contributed by atoms with Crippen LogP contribution < -0.4 is 5.32 Å². The lowest BCUT2D eigenvalue weighted by molar-refractivity contribution is 0.148. The van der Waals surface area contributed by atoms with Gasteiger partial charge >= 0.3 is 0 Å². The number of aromatic hydroxyl groups is 1. The van der Waals surface area contributed by atoms with Crippen LogP contribution in [0.2, 0.25) is 0 Å². The topological polar surface area (TPSA) is 51.6 Å². The molecule has 1 aromatic heterocycles. The van der Waals surface area contributed by atoms with E-state index < -0.39 is 0 Å². The van der Waals surface area contributed by atoms with Crippen LogP contribution in [0.15, 0.2) is 60.8 Å². The summed E-state index contributed by atoms with van der Waals surface area (Å²) >= 11 is 0. The molecule has 0 radical (unpaired) electrons. The Hall–Kier alpha value is -2.89. The summed E-state index contributed by atoms with van der Waals surface area (Å²) in [5, 5.41) is 13.5. The molecule has 0 saturated carbocycles. The molecular formula is C26H30N4O. The van der Waals surface area contributed by atoms with Crippen LogP contribution in [-0.4, -0.2) is 59.2 Å². The lowest BCUT2D eigenvalue weighted by atomic mass is 9.88. The second-order valence-corrected chi connectivity index (χ2v) is 8.94. The van der Waals surface area contributed by atoms with Gasteiger partial charge in [-0.25, -0.2) is 4.98 Å². The highest BCUT2D eigenvalue weighted by Gasteiger charge is 2.31. The Bertz CT molecular complexity index is 1060. The van der Waals surface area contributed by atoms with Gasteiger partial charge in [0, 0.05) is 62.0 Å². The molecule has 2 unspecified atom stereocenters. The summed E-state index contributed by atoms with van der Waals surface area (Å²) in [4.78, 5) is 9.64. The predicted molar refractivity (Wildman–Crippen MR) is 125 cm³/mol. The zero-order chi connectivity index (χ0) is 21.4. The molecule has 3 heterocycles. The SMILES string of the molecule is CC1Nc2ncc(-c3ccc(CN4CCN(C)CC4)cc3)cc2C1c1cccc(O)c1. The van der Waals surface area contributed by atoms with Gasteiger partial charge in [-0.2, -0.15) is 0 Å². The van der Waals surface area contributed by atoms with Gasteiger partial charge in [0.25, 0.3) is 0 Å². The van der Waals surface area contributed by atoms with Crippen molar-refractivity contribution in [1.82, 2.24) is 14.8 Å². The number of likely N-dealkylation sites (N-methyl/N-ethyl adjacent to an activating group) is 1. The molecule has 2 atom stereocenters. The maximum atomic E-state index is 9.95. The molecule has 5 heteroatoms. The average Bonchev–Trinajstić information content (AvgIpc) is 3.11. The van der Waals surface area contributed by atoms with Crippen molar-refractivity contribution < 1.29 is 5.11 Å². The highest BCUT2D eigenvalue weighted by atomic mass is 16.3. The highest BCUT2D eigenvalue weighted by molar-refractivity contribution is 5.69. The minimum Gasteiger partial charge on any atom is -0.508 e. The van der Waals surface area contributed by atoms with E-state index in [0.29, 0.717) is 5.75 Å². The number of fused-ring (bicyclic) bond motifs is 1. The van der Waals surface area contributed by atoms with Crippen molar-refractivity contribution in [3.63, 3.8) is 0 Å². The van der Waals surface area contributed by atoms with Gasteiger partial charge in [0.2, 0.25) is 0 Å². The maximum absolute atomic E-state index is 9.95. The second kappa shape index (κ2) is 8.33. The maximum Gasteiger partial charge on any atom is 0.130 e. The first-order valence-electron chi connectivity index (χ1n) is 11.1. The average molecular weight is 415 g/mol. The zero-order valence-electron chi connectivity index (χ0n) is 18.3. The molecule has 5 nitrogen and oxygen atoms in total. The van der Waals surface area contributed by atoms with Crippen molar-refractivity contribution in [2.45, 2.75) is 25.4 Å². The molecule has 0 spiro atoms. The molecule has 0 bridgehead atoms. The van der Waals surface area contributed by atoms with Gasteiger partial charge in [-0.1, -0.05) is 36.4 Å². The Kier molecular flexibility index (Phi) is 5.38. The fourth-order valence-corrected chi connectivity index (χ4v) is 4.82. The number of aromatic nitrogens is 1. The standard InChI is InChI=1S/C26H30N4O/c1-18-25(21-4-3-5-23(31)14-21)24-15-22(16-27-26(24)28-18)20-8-6-19(7-9-20)17-30-12-10-29(2)11-13-30/h3-9,14-16,18,25,31H,10-13,17H2,1-2H3,(H,27,28). The van der Waals surface area contributed by atoms with Gasteiger partial charge in [0.1, 0.15) is 11.6 Å². The van der Waals surface area contributed by atoms with Crippen molar-refractivity contribution >= 4 is 5.82 Å². The van der Waals surface area contributed by atoms with Crippen LogP contribution >= 0.6 is 0 Å². The van der Waals surface area contributed by atoms with Crippen LogP contribution in [0, 0.1) is 0 Å². The van der Waals surface area contributed by atoms with Gasteiger partial charge in [0.15, 0.2) is 0 Å². The molecule has 2 aliphatic rings. The number of phenolic OH excluding ortho intramolecular Hbond substituents is 1. The minimum absolute atomic E-state index is 0.172. The van der Waals surface area contributed by atoms with Crippen LogP contribution in [0.25, 0.3) is 11.1 Å². The normalized spacial score (nSPS) is 21.6. The third-order valence-electron chi connectivity index (χ3n) is 6.64. The lowest BCUT2D eigenvalue weighted by Crippen LogP contribution is -2.43. The number of piperazine rings is 1. The van der Waals surface area contributed by atoms with Crippen LogP contribution in [-0.2, 0) is 6.54 Å². The first-order chi connectivity index (χ1) is 15.1. The van der Waals surface area contributed by atoms with Gasteiger partial charge in [0.05, 0.1) is 0 Å². The van der Waals surface area contributed by atoms with Gasteiger partial charge in [-0.05, 0) is 48.9 Å². The second-order valence-electron chi connectivity index (χ2n) is 8.94. The Morgan fingerprint density at radius 3 is 2.52 bits per heavy atom. The number of nitrogens with one attached hydrogen (secondary N) is 1. The fraction of sp³-hybridized carbons (Fsp3) is 0.346. The third kappa shape index (κ3) is 4.16. The quantitative estimate of drug-likeness (QED) is 0.672. The molecular weight excluding hydrogens is 384 g/mol. The van der Waals surface area contributed by atoms with E-state index in [1.54, 1.807) is 6.07 Å². The summed E-state index contributed by atoms with van der Waals surface area (Å²) in [6.45, 7) is 7.74. The largest absolute Gasteiger partial charge is 0.508 e. The number of pyridine rings is 1. The van der Waals surface area contributed by atoms with Crippen LogP contribution in [0.4, 0.5) is 5.82 Å². The molecule has 2 N–H and O–H groups in total. The van der Waals surface area contributed by atoms with Gasteiger partial charge in [-0.15, -0.1) is 0 Å². The number of anilines is 1. The van der Waals surface area contributed by atoms with E-state index in [1.165, 1.54) is 16.7 Å². The lowest BCUT2D eigenvalue weighted by Gasteiger charge is -2.32. The van der Waals surface area contributed by atoms with Gasteiger partial charge in [-0.3, -0.25) is 4.90 Å². The molecule has 1 saturated heterocycles. The minimum atomic E-state index is 0.172. The van der Waals surface area contributed by atoms with Crippen LogP contribution in [0.1, 0.15) is 29.5 Å². The van der Waals surface area contributed by atoms with Crippen molar-refractivity contribution in [3.05, 3.63) is 77.5 Å². The summed E-state index contributed by atoms with van der Waals surface area (Å²) < 4.78 is 0. The number of nitrogens with zero attached hydrogens (tertiary/aromatic N) is 3. The van der Waals surface area contributed by atoms with E-state index in [9.17, 15) is 5.11 Å². The molecule has 1 fully saturated rings. The van der Waals surface area contributed by atoms with E-state index in [1.807, 2.05) is 18.3 Å². The molecule has 2 aromatic carbocycles. The Balaban J connectivity index is 1.37. The molecule has 0 amide bonds. The Labute approximate surface area is 184 Å². The summed E-state index contributed by atoms with van der Waals surface area (Å²) in [7, 11) is 2.19. The fourth-order valence-electron chi connectivity index (χ4n) is 4.82. The third-order valence-corrected chi connectivity index (χ3v) is 6.64. The van der Waals surface area contributed by atoms with E-state index in [0.717, 1.165) is 49.7 Å². The number of benzene rings is 2. The highest BCUT2D eigenvalue weighted by Crippen LogP contribution is 2.41. The molecule has 3 aromatic rings. The number of phenols is 1. The van der Waals surface area contributed by atoms with E-state index in [4.69, 9.17) is 4.98 Å². The number of hydrogen-bond acceptors (Lipinski definition) is 5. The molecule has 0 aliphatic carbocycles. The summed E-state index contributed by atoms with van der Waals surface area (Å²) in [6, 6.07) is 19.0. The monoisotopic (exact) mass is 414 g/mol. The van der Waals surface area contributed by atoms with E-state index in [-0.39, 0.29) is 12.0 Å². The molecule has 2 aliphatic heterocycles. The summed E-state index contributed by atoms with van der Waals surface area (Å²) in [6.07, 6.45) is 1.96. The van der Waals surface area contributed by atoms with Crippen molar-refractivity contribution in [2.24, 2.45) is 0 Å². The van der Waals surface area contributed by atoms with Crippen LogP contribution in [0.5, 0.6) is 5.75 Å². The van der Waals surface area contributed by atoms with Crippen molar-refractivity contribution in [1.29, 1.82) is 0 Å². The number of hydrogen-bond donors (Lipinski definition) is 2. The van der Waals surface area contributed by atoms with Crippen molar-refractivity contribution in [3.8, 4) is 16.9 Å². The van der Waals surface area contributed by atoms with E-state index >= 15 is 0 Å². The summed E-state index contributed by atoms with van der Waals surface area (Å²) in [5.74, 6) is 1.42. The smallest absolute Gasteiger partial charge is 0.130 e. The Morgan fingerprint density at radius 1 is 1.00 bits per heavy atom. The summed E-state index contributed by atoms with van der Waals surface area (Å²) in [5.41, 5.74) is 5.98. The van der Waals surface area contributed by atoms with Crippen molar-refractivity contribution in [2.75, 3.05) is 38.5 Å². The first kappa shape index (κ1) is 20.0. The van der Waals surface area contributed by atoms with Crippen LogP contribution in [0.3, 0.4) is 0 Å². The molecule has 5 rings (SSSR count). The molecule has 31 heavy (non-hydrogen) atoms. The Morgan fingerprint density at radius 2 is 1.77 bits per heavy atom. The predicted octanol–water partition coefficient (Wildman–Crippen LogP) is 4.15. The zero-order valence-corrected chi connectivity index (χ0v) is 18.3. The van der Waals surface area contributed by atoms with Gasteiger partial charge < -0.3 is 15.3 Å². The first-order valence-corrected chi connectivity index (χ1v) is 11.1. The van der Waals surface area contributed by atoms with E-state index in [2.05, 4.69) is 65.5 Å². The molecule has 160 valence electrons.